The molecule has 1 aromatic carbocycles. The number of aliphatic hydroxyl groups excluding tert-OH is 1. The van der Waals surface area contributed by atoms with Crippen molar-refractivity contribution in [3.8, 4) is 0 Å². The lowest BCUT2D eigenvalue weighted by atomic mass is 9.87. The Balaban J connectivity index is 2.41. The lowest BCUT2D eigenvalue weighted by Crippen LogP contribution is -2.38. The monoisotopic (exact) mass is 268 g/mol. The van der Waals surface area contributed by atoms with Gasteiger partial charge in [-0.1, -0.05) is 13.8 Å². The van der Waals surface area contributed by atoms with E-state index in [1.165, 1.54) is 24.3 Å². The van der Waals surface area contributed by atoms with Gasteiger partial charge in [-0.15, -0.1) is 0 Å². The topological polar surface area (TPSA) is 61.4 Å². The molecule has 0 heterocycles. The smallest absolute Gasteiger partial charge is 0.319 e. The second kappa shape index (κ2) is 6.52. The first-order valence-electron chi connectivity index (χ1n) is 6.27. The van der Waals surface area contributed by atoms with Crippen molar-refractivity contribution in [3.63, 3.8) is 0 Å². The largest absolute Gasteiger partial charge is 0.393 e. The highest BCUT2D eigenvalue weighted by molar-refractivity contribution is 5.89. The maximum atomic E-state index is 12.7. The van der Waals surface area contributed by atoms with Gasteiger partial charge in [0, 0.05) is 12.2 Å². The van der Waals surface area contributed by atoms with Crippen LogP contribution in [0.4, 0.5) is 14.9 Å². The SMILES string of the molecule is C[C@H](O)CC(C)(C)CNC(=O)Nc1ccc(F)cc1. The van der Waals surface area contributed by atoms with E-state index in [2.05, 4.69) is 10.6 Å². The average molecular weight is 268 g/mol. The average Bonchev–Trinajstić information content (AvgIpc) is 2.28. The van der Waals surface area contributed by atoms with Gasteiger partial charge in [0.2, 0.25) is 0 Å². The molecule has 0 saturated heterocycles. The van der Waals surface area contributed by atoms with Crippen LogP contribution in [0.1, 0.15) is 27.2 Å². The van der Waals surface area contributed by atoms with Gasteiger partial charge >= 0.3 is 6.03 Å². The lowest BCUT2D eigenvalue weighted by Gasteiger charge is -2.26. The van der Waals surface area contributed by atoms with Crippen LogP contribution >= 0.6 is 0 Å². The van der Waals surface area contributed by atoms with Crippen molar-refractivity contribution in [1.29, 1.82) is 0 Å². The summed E-state index contributed by atoms with van der Waals surface area (Å²) in [5.74, 6) is -0.343. The number of hydrogen-bond donors (Lipinski definition) is 3. The number of aliphatic hydroxyl groups is 1. The summed E-state index contributed by atoms with van der Waals surface area (Å²) in [6, 6.07) is 5.22. The molecule has 19 heavy (non-hydrogen) atoms. The van der Waals surface area contributed by atoms with Crippen LogP contribution in [0, 0.1) is 11.2 Å². The lowest BCUT2D eigenvalue weighted by molar-refractivity contribution is 0.129. The van der Waals surface area contributed by atoms with Gasteiger partial charge in [0.05, 0.1) is 6.10 Å². The fourth-order valence-electron chi connectivity index (χ4n) is 1.90. The minimum atomic E-state index is -0.406. The predicted octanol–water partition coefficient (Wildman–Crippen LogP) is 2.74. The highest BCUT2D eigenvalue weighted by atomic mass is 19.1. The summed E-state index contributed by atoms with van der Waals surface area (Å²) in [5.41, 5.74) is 0.348. The molecule has 1 atom stereocenters. The van der Waals surface area contributed by atoms with Crippen LogP contribution in [0.25, 0.3) is 0 Å². The maximum Gasteiger partial charge on any atom is 0.319 e. The highest BCUT2D eigenvalue weighted by Crippen LogP contribution is 2.21. The minimum Gasteiger partial charge on any atom is -0.393 e. The molecule has 0 bridgehead atoms. The van der Waals surface area contributed by atoms with Gasteiger partial charge in [0.25, 0.3) is 0 Å². The van der Waals surface area contributed by atoms with Crippen LogP contribution in [0.2, 0.25) is 0 Å². The Morgan fingerprint density at radius 3 is 2.47 bits per heavy atom. The number of benzene rings is 1. The first kappa shape index (κ1) is 15.4. The Kier molecular flexibility index (Phi) is 5.30. The molecular weight excluding hydrogens is 247 g/mol. The third-order valence-electron chi connectivity index (χ3n) is 2.68. The second-order valence-electron chi connectivity index (χ2n) is 5.53. The number of rotatable bonds is 5. The van der Waals surface area contributed by atoms with Crippen molar-refractivity contribution in [2.45, 2.75) is 33.3 Å². The summed E-state index contributed by atoms with van der Waals surface area (Å²) >= 11 is 0. The van der Waals surface area contributed by atoms with Crippen molar-refractivity contribution < 1.29 is 14.3 Å². The predicted molar refractivity (Wildman–Crippen MR) is 73.5 cm³/mol. The van der Waals surface area contributed by atoms with E-state index in [9.17, 15) is 14.3 Å². The molecule has 0 radical (unpaired) electrons. The Bertz CT molecular complexity index is 416. The molecule has 0 aromatic heterocycles. The molecule has 5 heteroatoms. The Hall–Kier alpha value is -1.62. The fraction of sp³-hybridized carbons (Fsp3) is 0.500. The molecule has 0 fully saturated rings. The number of amides is 2. The molecule has 0 spiro atoms. The van der Waals surface area contributed by atoms with Gasteiger partial charge in [-0.25, -0.2) is 9.18 Å². The summed E-state index contributed by atoms with van der Waals surface area (Å²) in [6.07, 6.45) is 0.195. The Morgan fingerprint density at radius 2 is 1.95 bits per heavy atom. The summed E-state index contributed by atoms with van der Waals surface area (Å²) in [4.78, 5) is 11.7. The van der Waals surface area contributed by atoms with Crippen LogP contribution in [0.5, 0.6) is 0 Å². The number of nitrogens with one attached hydrogen (secondary N) is 2. The maximum absolute atomic E-state index is 12.7. The van der Waals surface area contributed by atoms with Gasteiger partial charge in [0.15, 0.2) is 0 Å². The molecule has 2 amide bonds. The number of anilines is 1. The third kappa shape index (κ3) is 6.20. The van der Waals surface area contributed by atoms with E-state index >= 15 is 0 Å². The zero-order valence-corrected chi connectivity index (χ0v) is 11.5. The van der Waals surface area contributed by atoms with E-state index in [0.29, 0.717) is 18.7 Å². The van der Waals surface area contributed by atoms with Crippen molar-refractivity contribution in [1.82, 2.24) is 5.32 Å². The third-order valence-corrected chi connectivity index (χ3v) is 2.68. The summed E-state index contributed by atoms with van der Waals surface area (Å²) in [7, 11) is 0. The molecule has 0 aliphatic rings. The molecule has 106 valence electrons. The van der Waals surface area contributed by atoms with E-state index in [1.807, 2.05) is 13.8 Å². The molecule has 0 aliphatic heterocycles. The zero-order valence-electron chi connectivity index (χ0n) is 11.5. The summed E-state index contributed by atoms with van der Waals surface area (Å²) in [5, 5.41) is 14.7. The van der Waals surface area contributed by atoms with E-state index < -0.39 is 6.10 Å². The van der Waals surface area contributed by atoms with Crippen LogP contribution in [-0.4, -0.2) is 23.8 Å². The normalized spacial score (nSPS) is 12.9. The summed E-state index contributed by atoms with van der Waals surface area (Å²) in [6.45, 7) is 6.11. The summed E-state index contributed by atoms with van der Waals surface area (Å²) < 4.78 is 12.7. The quantitative estimate of drug-likeness (QED) is 0.769. The van der Waals surface area contributed by atoms with Crippen molar-refractivity contribution in [2.75, 3.05) is 11.9 Å². The minimum absolute atomic E-state index is 0.186. The standard InChI is InChI=1S/C14H21FN2O2/c1-10(18)8-14(2,3)9-16-13(19)17-12-6-4-11(15)5-7-12/h4-7,10,18H,8-9H2,1-3H3,(H2,16,17,19)/t10-/m0/s1. The number of halogens is 1. The van der Waals surface area contributed by atoms with Gasteiger partial charge in [-0.3, -0.25) is 0 Å². The van der Waals surface area contributed by atoms with Gasteiger partial charge in [0.1, 0.15) is 5.82 Å². The number of carbonyl (C=O) groups excluding carboxylic acids is 1. The van der Waals surface area contributed by atoms with E-state index in [-0.39, 0.29) is 17.3 Å². The van der Waals surface area contributed by atoms with Crippen LogP contribution in [0.3, 0.4) is 0 Å². The molecule has 0 unspecified atom stereocenters. The number of urea groups is 1. The van der Waals surface area contributed by atoms with Crippen LogP contribution < -0.4 is 10.6 Å². The molecular formula is C14H21FN2O2. The molecule has 1 aromatic rings. The molecule has 0 aliphatic carbocycles. The fourth-order valence-corrected chi connectivity index (χ4v) is 1.90. The van der Waals surface area contributed by atoms with E-state index in [4.69, 9.17) is 0 Å². The first-order chi connectivity index (χ1) is 8.78. The van der Waals surface area contributed by atoms with E-state index in [0.717, 1.165) is 0 Å². The molecule has 0 saturated carbocycles. The van der Waals surface area contributed by atoms with Crippen molar-refractivity contribution in [2.24, 2.45) is 5.41 Å². The number of hydrogen-bond acceptors (Lipinski definition) is 2. The van der Waals surface area contributed by atoms with Gasteiger partial charge in [-0.2, -0.15) is 0 Å². The van der Waals surface area contributed by atoms with Crippen molar-refractivity contribution >= 4 is 11.7 Å². The van der Waals surface area contributed by atoms with Gasteiger partial charge < -0.3 is 15.7 Å². The van der Waals surface area contributed by atoms with Gasteiger partial charge in [-0.05, 0) is 43.0 Å². The van der Waals surface area contributed by atoms with Crippen LogP contribution in [-0.2, 0) is 0 Å². The zero-order chi connectivity index (χ0) is 14.5. The molecule has 4 nitrogen and oxygen atoms in total. The molecule has 3 N–H and O–H groups in total. The van der Waals surface area contributed by atoms with Crippen LogP contribution in [0.15, 0.2) is 24.3 Å². The second-order valence-corrected chi connectivity index (χ2v) is 5.53. The first-order valence-corrected chi connectivity index (χ1v) is 6.27. The highest BCUT2D eigenvalue weighted by Gasteiger charge is 2.21. The molecule has 1 rings (SSSR count). The van der Waals surface area contributed by atoms with Crippen molar-refractivity contribution in [3.05, 3.63) is 30.1 Å². The number of carbonyl (C=O) groups is 1. The van der Waals surface area contributed by atoms with E-state index in [1.54, 1.807) is 6.92 Å². The Morgan fingerprint density at radius 1 is 1.37 bits per heavy atom. The Labute approximate surface area is 113 Å².